The molecule has 0 saturated heterocycles. The molecule has 152 valence electrons. The number of ether oxygens (including phenoxy) is 2. The van der Waals surface area contributed by atoms with Gasteiger partial charge in [0.1, 0.15) is 18.1 Å². The maximum atomic E-state index is 5.92. The van der Waals surface area contributed by atoms with Crippen molar-refractivity contribution in [3.8, 4) is 11.5 Å². The maximum Gasteiger partial charge on any atom is 0.132 e. The van der Waals surface area contributed by atoms with E-state index in [1.54, 1.807) is 18.9 Å². The molecule has 0 saturated carbocycles. The molecule has 0 fully saturated rings. The van der Waals surface area contributed by atoms with Crippen LogP contribution in [-0.4, -0.2) is 20.3 Å². The van der Waals surface area contributed by atoms with Crippen molar-refractivity contribution in [2.24, 2.45) is 0 Å². The van der Waals surface area contributed by atoms with Gasteiger partial charge in [0.25, 0.3) is 0 Å². The molecule has 30 heavy (non-hydrogen) atoms. The zero-order valence-electron chi connectivity index (χ0n) is 17.0. The smallest absolute Gasteiger partial charge is 0.132 e. The largest absolute Gasteiger partial charge is 0.496 e. The first-order valence-corrected chi connectivity index (χ1v) is 10.9. The second-order valence-electron chi connectivity index (χ2n) is 6.89. The van der Waals surface area contributed by atoms with Crippen molar-refractivity contribution in [1.82, 2.24) is 5.32 Å². The van der Waals surface area contributed by atoms with E-state index < -0.39 is 0 Å². The molecule has 4 rings (SSSR count). The summed E-state index contributed by atoms with van der Waals surface area (Å²) in [6.45, 7) is 2.19. The lowest BCUT2D eigenvalue weighted by Crippen LogP contribution is -2.20. The SMILES string of the molecule is COc1ccccc1Sc1ccccc1CNCCOc1ccc2ccccc2c1. The fraction of sp³-hybridized carbons (Fsp3) is 0.154. The van der Waals surface area contributed by atoms with E-state index in [0.29, 0.717) is 6.61 Å². The van der Waals surface area contributed by atoms with Gasteiger partial charge in [-0.05, 0) is 46.7 Å². The highest BCUT2D eigenvalue weighted by atomic mass is 32.2. The molecule has 4 aromatic carbocycles. The van der Waals surface area contributed by atoms with Crippen molar-refractivity contribution in [1.29, 1.82) is 0 Å². The van der Waals surface area contributed by atoms with Gasteiger partial charge in [-0.3, -0.25) is 0 Å². The lowest BCUT2D eigenvalue weighted by Gasteiger charge is -2.13. The molecule has 3 nitrogen and oxygen atoms in total. The Morgan fingerprint density at radius 3 is 2.37 bits per heavy atom. The van der Waals surface area contributed by atoms with E-state index in [1.807, 2.05) is 30.3 Å². The van der Waals surface area contributed by atoms with Gasteiger partial charge in [0.15, 0.2) is 0 Å². The van der Waals surface area contributed by atoms with Crippen molar-refractivity contribution >= 4 is 22.5 Å². The second-order valence-corrected chi connectivity index (χ2v) is 7.98. The van der Waals surface area contributed by atoms with Crippen LogP contribution in [0.2, 0.25) is 0 Å². The Hall–Kier alpha value is -2.95. The zero-order valence-corrected chi connectivity index (χ0v) is 17.8. The highest BCUT2D eigenvalue weighted by molar-refractivity contribution is 7.99. The normalized spacial score (nSPS) is 10.8. The maximum absolute atomic E-state index is 5.92. The first kappa shape index (κ1) is 20.3. The van der Waals surface area contributed by atoms with Crippen LogP contribution in [0.15, 0.2) is 101 Å². The second kappa shape index (κ2) is 10.2. The van der Waals surface area contributed by atoms with Crippen molar-refractivity contribution in [3.05, 3.63) is 96.6 Å². The molecule has 4 aromatic rings. The number of hydrogen-bond donors (Lipinski definition) is 1. The lowest BCUT2D eigenvalue weighted by molar-refractivity contribution is 0.314. The monoisotopic (exact) mass is 415 g/mol. The van der Waals surface area contributed by atoms with E-state index >= 15 is 0 Å². The minimum atomic E-state index is 0.625. The van der Waals surface area contributed by atoms with Gasteiger partial charge in [0.05, 0.1) is 12.0 Å². The van der Waals surface area contributed by atoms with E-state index in [-0.39, 0.29) is 0 Å². The van der Waals surface area contributed by atoms with E-state index in [9.17, 15) is 0 Å². The summed E-state index contributed by atoms with van der Waals surface area (Å²) in [5.41, 5.74) is 1.26. The number of nitrogens with one attached hydrogen (secondary N) is 1. The third-order valence-electron chi connectivity index (χ3n) is 4.85. The Morgan fingerprint density at radius 1 is 0.767 bits per heavy atom. The third-order valence-corrected chi connectivity index (χ3v) is 6.02. The van der Waals surface area contributed by atoms with Gasteiger partial charge in [-0.1, -0.05) is 72.4 Å². The van der Waals surface area contributed by atoms with E-state index in [2.05, 4.69) is 66.0 Å². The van der Waals surface area contributed by atoms with Crippen LogP contribution in [0.3, 0.4) is 0 Å². The molecule has 1 N–H and O–H groups in total. The van der Waals surface area contributed by atoms with Gasteiger partial charge in [0.2, 0.25) is 0 Å². The highest BCUT2D eigenvalue weighted by Crippen LogP contribution is 2.36. The average molecular weight is 416 g/mol. The molecule has 0 aliphatic heterocycles. The lowest BCUT2D eigenvalue weighted by atomic mass is 10.1. The van der Waals surface area contributed by atoms with Crippen LogP contribution in [0.4, 0.5) is 0 Å². The predicted molar refractivity (Wildman–Crippen MR) is 125 cm³/mol. The topological polar surface area (TPSA) is 30.5 Å². The molecule has 0 aromatic heterocycles. The summed E-state index contributed by atoms with van der Waals surface area (Å²) in [6.07, 6.45) is 0. The predicted octanol–water partition coefficient (Wildman–Crippen LogP) is 6.17. The van der Waals surface area contributed by atoms with Gasteiger partial charge in [-0.2, -0.15) is 0 Å². The van der Waals surface area contributed by atoms with Crippen molar-refractivity contribution in [2.45, 2.75) is 16.3 Å². The number of fused-ring (bicyclic) bond motifs is 1. The zero-order chi connectivity index (χ0) is 20.6. The summed E-state index contributed by atoms with van der Waals surface area (Å²) < 4.78 is 11.4. The summed E-state index contributed by atoms with van der Waals surface area (Å²) >= 11 is 1.73. The van der Waals surface area contributed by atoms with Crippen molar-refractivity contribution < 1.29 is 9.47 Å². The molecular weight excluding hydrogens is 390 g/mol. The van der Waals surface area contributed by atoms with Gasteiger partial charge in [-0.15, -0.1) is 0 Å². The molecule has 0 spiro atoms. The first-order chi connectivity index (χ1) is 14.8. The van der Waals surface area contributed by atoms with Gasteiger partial charge >= 0.3 is 0 Å². The molecule has 0 aliphatic rings. The first-order valence-electron chi connectivity index (χ1n) is 10.0. The fourth-order valence-electron chi connectivity index (χ4n) is 3.29. The Kier molecular flexibility index (Phi) is 6.91. The molecular formula is C26H25NO2S. The van der Waals surface area contributed by atoms with E-state index in [1.165, 1.54) is 21.2 Å². The van der Waals surface area contributed by atoms with Crippen LogP contribution in [0.1, 0.15) is 5.56 Å². The minimum absolute atomic E-state index is 0.625. The Balaban J connectivity index is 1.31. The number of benzene rings is 4. The van der Waals surface area contributed by atoms with Gasteiger partial charge in [0, 0.05) is 18.0 Å². The Bertz CT molecular complexity index is 1110. The summed E-state index contributed by atoms with van der Waals surface area (Å²) in [4.78, 5) is 2.34. The molecule has 0 atom stereocenters. The standard InChI is InChI=1S/C26H25NO2S/c1-28-24-11-5-7-13-26(24)30-25-12-6-4-10-22(25)19-27-16-17-29-23-15-14-20-8-2-3-9-21(20)18-23/h2-15,18,27H,16-17,19H2,1H3. The molecule has 4 heteroatoms. The molecule has 0 heterocycles. The summed E-state index contributed by atoms with van der Waals surface area (Å²) in [5, 5.41) is 5.92. The quantitative estimate of drug-likeness (QED) is 0.331. The highest BCUT2D eigenvalue weighted by Gasteiger charge is 2.08. The number of hydrogen-bond acceptors (Lipinski definition) is 4. The van der Waals surface area contributed by atoms with Crippen LogP contribution >= 0.6 is 11.8 Å². The summed E-state index contributed by atoms with van der Waals surface area (Å²) in [7, 11) is 1.71. The number of rotatable bonds is 9. The Morgan fingerprint density at radius 2 is 1.50 bits per heavy atom. The van der Waals surface area contributed by atoms with Gasteiger partial charge < -0.3 is 14.8 Å². The van der Waals surface area contributed by atoms with Crippen LogP contribution in [0, 0.1) is 0 Å². The van der Waals surface area contributed by atoms with Crippen LogP contribution in [-0.2, 0) is 6.54 Å². The van der Waals surface area contributed by atoms with Gasteiger partial charge in [-0.25, -0.2) is 0 Å². The average Bonchev–Trinajstić information content (AvgIpc) is 2.80. The number of para-hydroxylation sites is 1. The van der Waals surface area contributed by atoms with E-state index in [4.69, 9.17) is 9.47 Å². The fourth-order valence-corrected chi connectivity index (χ4v) is 4.35. The van der Waals surface area contributed by atoms with Crippen LogP contribution < -0.4 is 14.8 Å². The molecule has 0 amide bonds. The molecule has 0 unspecified atom stereocenters. The van der Waals surface area contributed by atoms with Crippen molar-refractivity contribution in [2.75, 3.05) is 20.3 Å². The van der Waals surface area contributed by atoms with Crippen molar-refractivity contribution in [3.63, 3.8) is 0 Å². The summed E-state index contributed by atoms with van der Waals surface area (Å²) in [5.74, 6) is 1.80. The van der Waals surface area contributed by atoms with E-state index in [0.717, 1.165) is 29.5 Å². The summed E-state index contributed by atoms with van der Waals surface area (Å²) in [6, 6.07) is 31.1. The molecule has 0 bridgehead atoms. The number of methoxy groups -OCH3 is 1. The molecule has 0 aliphatic carbocycles. The van der Waals surface area contributed by atoms with Crippen LogP contribution in [0.25, 0.3) is 10.8 Å². The minimum Gasteiger partial charge on any atom is -0.496 e. The molecule has 0 radical (unpaired) electrons. The Labute approximate surface area is 182 Å². The third kappa shape index (κ3) is 5.15. The van der Waals surface area contributed by atoms with Crippen LogP contribution in [0.5, 0.6) is 11.5 Å².